The van der Waals surface area contributed by atoms with Gasteiger partial charge in [-0.3, -0.25) is 0 Å². The van der Waals surface area contributed by atoms with Gasteiger partial charge in [0.15, 0.2) is 0 Å². The lowest BCUT2D eigenvalue weighted by atomic mass is 10.5. The first kappa shape index (κ1) is 21.5. The molecule has 0 aliphatic carbocycles. The lowest BCUT2D eigenvalue weighted by Gasteiger charge is -2.21. The molecule has 0 aliphatic rings. The summed E-state index contributed by atoms with van der Waals surface area (Å²) in [7, 11) is 3.36. The molecule has 0 atom stereocenters. The van der Waals surface area contributed by atoms with Crippen molar-refractivity contribution in [3.63, 3.8) is 0 Å². The van der Waals surface area contributed by atoms with Crippen LogP contribution in [0.3, 0.4) is 0 Å². The molecule has 0 aromatic heterocycles. The molecule has 19 heavy (non-hydrogen) atoms. The lowest BCUT2D eigenvalue weighted by molar-refractivity contribution is 0.248. The monoisotopic (exact) mass is 311 g/mol. The smallest absolute Gasteiger partial charge is 0.334 e. The predicted molar refractivity (Wildman–Crippen MR) is 84.8 cm³/mol. The van der Waals surface area contributed by atoms with Crippen LogP contribution in [-0.4, -0.2) is 52.1 Å². The zero-order valence-corrected chi connectivity index (χ0v) is 15.7. The number of rotatable bonds is 9. The highest BCUT2D eigenvalue weighted by atomic mass is 28.4. The van der Waals surface area contributed by atoms with Gasteiger partial charge in [0, 0.05) is 28.4 Å². The van der Waals surface area contributed by atoms with Crippen LogP contribution in [0.25, 0.3) is 0 Å². The zero-order chi connectivity index (χ0) is 15.4. The van der Waals surface area contributed by atoms with E-state index in [1.54, 1.807) is 28.4 Å². The van der Waals surface area contributed by atoms with Crippen molar-refractivity contribution in [1.82, 2.24) is 0 Å². The second kappa shape index (κ2) is 12.0. The van der Waals surface area contributed by atoms with Gasteiger partial charge in [-0.25, -0.2) is 0 Å². The second-order valence-electron chi connectivity index (χ2n) is 4.73. The summed E-state index contributed by atoms with van der Waals surface area (Å²) in [5.74, 6) is 0. The predicted octanol–water partition coefficient (Wildman–Crippen LogP) is 2.46. The molecule has 118 valence electrons. The van der Waals surface area contributed by atoms with E-state index in [2.05, 4.69) is 13.5 Å². The SMILES string of the molecule is CCC[Si](C)(OC)OC.CO[Si](C)(CCCN)OC. The normalized spacial score (nSPS) is 12.0. The molecule has 2 N–H and O–H groups in total. The molecule has 0 saturated heterocycles. The molecule has 0 aromatic rings. The molecule has 5 nitrogen and oxygen atoms in total. The second-order valence-corrected chi connectivity index (χ2v) is 11.9. The topological polar surface area (TPSA) is 62.9 Å². The molecule has 0 rings (SSSR count). The third-order valence-corrected chi connectivity index (χ3v) is 9.39. The fourth-order valence-electron chi connectivity index (χ4n) is 1.45. The Morgan fingerprint density at radius 1 is 0.789 bits per heavy atom. The van der Waals surface area contributed by atoms with E-state index in [-0.39, 0.29) is 0 Å². The molecule has 0 radical (unpaired) electrons. The summed E-state index contributed by atoms with van der Waals surface area (Å²) in [6.45, 7) is 6.98. The van der Waals surface area contributed by atoms with Crippen LogP contribution in [0.5, 0.6) is 0 Å². The molecule has 0 bridgehead atoms. The maximum Gasteiger partial charge on any atom is 0.334 e. The molecular weight excluding hydrogens is 278 g/mol. The van der Waals surface area contributed by atoms with E-state index in [4.69, 9.17) is 23.4 Å². The van der Waals surface area contributed by atoms with Gasteiger partial charge in [0.25, 0.3) is 0 Å². The van der Waals surface area contributed by atoms with E-state index >= 15 is 0 Å². The largest absolute Gasteiger partial charge is 0.398 e. The van der Waals surface area contributed by atoms with Crippen molar-refractivity contribution >= 4 is 17.1 Å². The molecule has 7 heteroatoms. The summed E-state index contributed by atoms with van der Waals surface area (Å²) in [4.78, 5) is 0. The molecule has 0 spiro atoms. The molecule has 0 unspecified atom stereocenters. The number of hydrogen-bond donors (Lipinski definition) is 1. The van der Waals surface area contributed by atoms with Crippen molar-refractivity contribution in [3.8, 4) is 0 Å². The van der Waals surface area contributed by atoms with Gasteiger partial charge in [-0.2, -0.15) is 0 Å². The molecule has 0 fully saturated rings. The van der Waals surface area contributed by atoms with Crippen molar-refractivity contribution in [3.05, 3.63) is 0 Å². The van der Waals surface area contributed by atoms with E-state index in [1.165, 1.54) is 0 Å². The standard InChI is InChI=1S/C6H17NO2Si.C6H16O2Si/c1-8-10(3,9-2)6-4-5-7;1-5-6-9(4,7-2)8-3/h4-7H2,1-3H3;5-6H2,1-4H3. The third-order valence-electron chi connectivity index (χ3n) is 3.27. The summed E-state index contributed by atoms with van der Waals surface area (Å²) in [6, 6.07) is 2.07. The molecule has 0 aromatic carbocycles. The maximum absolute atomic E-state index is 5.36. The maximum atomic E-state index is 5.36. The van der Waals surface area contributed by atoms with Gasteiger partial charge in [0.1, 0.15) is 0 Å². The lowest BCUT2D eigenvalue weighted by Crippen LogP contribution is -2.36. The minimum Gasteiger partial charge on any atom is -0.398 e. The summed E-state index contributed by atoms with van der Waals surface area (Å²) in [5, 5.41) is 0. The van der Waals surface area contributed by atoms with Crippen LogP contribution < -0.4 is 5.73 Å². The molecule has 0 aliphatic heterocycles. The van der Waals surface area contributed by atoms with Crippen molar-refractivity contribution in [2.45, 2.75) is 44.9 Å². The first-order valence-electron chi connectivity index (χ1n) is 6.77. The highest BCUT2D eigenvalue weighted by Gasteiger charge is 2.27. The van der Waals surface area contributed by atoms with Crippen molar-refractivity contribution in [2.75, 3.05) is 35.0 Å². The summed E-state index contributed by atoms with van der Waals surface area (Å²) in [6.07, 6.45) is 2.13. The first-order valence-corrected chi connectivity index (χ1v) is 11.8. The van der Waals surface area contributed by atoms with Crippen LogP contribution >= 0.6 is 0 Å². The Morgan fingerprint density at radius 3 is 1.37 bits per heavy atom. The molecule has 0 saturated carbocycles. The third kappa shape index (κ3) is 10.7. The fourth-order valence-corrected chi connectivity index (χ4v) is 4.36. The van der Waals surface area contributed by atoms with Gasteiger partial charge < -0.3 is 23.4 Å². The van der Waals surface area contributed by atoms with E-state index in [0.717, 1.165) is 31.5 Å². The van der Waals surface area contributed by atoms with Crippen LogP contribution in [0.2, 0.25) is 25.2 Å². The van der Waals surface area contributed by atoms with Gasteiger partial charge >= 0.3 is 17.1 Å². The van der Waals surface area contributed by atoms with E-state index in [0.29, 0.717) is 0 Å². The summed E-state index contributed by atoms with van der Waals surface area (Å²) >= 11 is 0. The molecule has 0 amide bonds. The first-order chi connectivity index (χ1) is 8.86. The van der Waals surface area contributed by atoms with Gasteiger partial charge in [0.05, 0.1) is 0 Å². The Balaban J connectivity index is 0. The van der Waals surface area contributed by atoms with E-state index < -0.39 is 17.1 Å². The number of hydrogen-bond acceptors (Lipinski definition) is 5. The van der Waals surface area contributed by atoms with Crippen LogP contribution in [0.4, 0.5) is 0 Å². The van der Waals surface area contributed by atoms with Crippen molar-refractivity contribution < 1.29 is 17.7 Å². The van der Waals surface area contributed by atoms with Crippen molar-refractivity contribution in [2.24, 2.45) is 5.73 Å². The van der Waals surface area contributed by atoms with Crippen LogP contribution in [0, 0.1) is 0 Å². The molecule has 0 heterocycles. The minimum atomic E-state index is -1.80. The van der Waals surface area contributed by atoms with Gasteiger partial charge in [-0.05, 0) is 38.1 Å². The molecular formula is C12H33NO4Si2. The van der Waals surface area contributed by atoms with Crippen LogP contribution in [0.15, 0.2) is 0 Å². The summed E-state index contributed by atoms with van der Waals surface area (Å²) < 4.78 is 21.0. The average molecular weight is 312 g/mol. The van der Waals surface area contributed by atoms with E-state index in [9.17, 15) is 0 Å². The fraction of sp³-hybridized carbons (Fsp3) is 1.00. The van der Waals surface area contributed by atoms with Gasteiger partial charge in [-0.15, -0.1) is 0 Å². The zero-order valence-electron chi connectivity index (χ0n) is 13.7. The highest BCUT2D eigenvalue weighted by molar-refractivity contribution is 6.66. The van der Waals surface area contributed by atoms with Crippen LogP contribution in [0.1, 0.15) is 19.8 Å². The highest BCUT2D eigenvalue weighted by Crippen LogP contribution is 2.12. The Bertz CT molecular complexity index is 200. The van der Waals surface area contributed by atoms with Crippen LogP contribution in [-0.2, 0) is 17.7 Å². The Hall–Kier alpha value is 0.234. The van der Waals surface area contributed by atoms with Gasteiger partial charge in [-0.1, -0.05) is 13.3 Å². The summed E-state index contributed by atoms with van der Waals surface area (Å²) in [5.41, 5.74) is 5.36. The quantitative estimate of drug-likeness (QED) is 0.663. The number of nitrogens with two attached hydrogens (primary N) is 1. The Kier molecular flexibility index (Phi) is 13.6. The van der Waals surface area contributed by atoms with Gasteiger partial charge in [0.2, 0.25) is 0 Å². The Morgan fingerprint density at radius 2 is 1.16 bits per heavy atom. The Labute approximate surface area is 121 Å². The van der Waals surface area contributed by atoms with Crippen molar-refractivity contribution in [1.29, 1.82) is 0 Å². The average Bonchev–Trinajstić information content (AvgIpc) is 2.45. The van der Waals surface area contributed by atoms with E-state index in [1.807, 2.05) is 6.55 Å². The minimum absolute atomic E-state index is 0.718.